The number of unbranched alkanes of at least 4 members (excludes halogenated alkanes) is 1. The first-order valence-electron chi connectivity index (χ1n) is 8.95. The minimum atomic E-state index is -0.287. The van der Waals surface area contributed by atoms with Crippen LogP contribution in [0.5, 0.6) is 0 Å². The molecule has 0 radical (unpaired) electrons. The van der Waals surface area contributed by atoms with Crippen molar-refractivity contribution in [3.05, 3.63) is 33.3 Å². The minimum Gasteiger partial charge on any atom is -0.463 e. The van der Waals surface area contributed by atoms with Crippen molar-refractivity contribution >= 4 is 29.2 Å². The van der Waals surface area contributed by atoms with Gasteiger partial charge in [0, 0.05) is 19.0 Å². The van der Waals surface area contributed by atoms with Crippen molar-refractivity contribution in [1.29, 1.82) is 0 Å². The average Bonchev–Trinajstić information content (AvgIpc) is 3.16. The van der Waals surface area contributed by atoms with Crippen LogP contribution >= 0.6 is 23.2 Å². The second kappa shape index (κ2) is 7.83. The van der Waals surface area contributed by atoms with Gasteiger partial charge < -0.3 is 14.8 Å². The number of rotatable bonds is 7. The fourth-order valence-corrected chi connectivity index (χ4v) is 4.22. The van der Waals surface area contributed by atoms with E-state index in [-0.39, 0.29) is 17.7 Å². The Morgan fingerprint density at radius 3 is 2.80 bits per heavy atom. The van der Waals surface area contributed by atoms with E-state index in [9.17, 15) is 4.79 Å². The van der Waals surface area contributed by atoms with Crippen LogP contribution in [-0.2, 0) is 26.3 Å². The number of benzene rings is 1. The molecule has 2 atom stereocenters. The Hall–Kier alpha value is -0.810. The summed E-state index contributed by atoms with van der Waals surface area (Å²) in [6.45, 7) is 5.27. The van der Waals surface area contributed by atoms with Gasteiger partial charge in [-0.3, -0.25) is 4.79 Å². The molecular formula is C19H25Cl2NO3. The van der Waals surface area contributed by atoms with Crippen LogP contribution < -0.4 is 5.32 Å². The van der Waals surface area contributed by atoms with E-state index in [4.69, 9.17) is 32.7 Å². The largest absolute Gasteiger partial charge is 0.463 e. The van der Waals surface area contributed by atoms with E-state index in [1.165, 1.54) is 0 Å². The molecule has 6 heteroatoms. The third-order valence-electron chi connectivity index (χ3n) is 4.92. The Morgan fingerprint density at radius 2 is 2.20 bits per heavy atom. The lowest BCUT2D eigenvalue weighted by Gasteiger charge is -2.30. The molecule has 138 valence electrons. The van der Waals surface area contributed by atoms with Crippen LogP contribution in [0.1, 0.15) is 50.7 Å². The first-order chi connectivity index (χ1) is 11.9. The number of fused-ring (bicyclic) bond motifs is 2. The van der Waals surface area contributed by atoms with Crippen molar-refractivity contribution in [1.82, 2.24) is 5.32 Å². The first-order valence-corrected chi connectivity index (χ1v) is 9.71. The molecule has 2 bridgehead atoms. The lowest BCUT2D eigenvalue weighted by atomic mass is 9.87. The highest BCUT2D eigenvalue weighted by Crippen LogP contribution is 2.44. The molecule has 4 nitrogen and oxygen atoms in total. The minimum absolute atomic E-state index is 0.0668. The lowest BCUT2D eigenvalue weighted by Crippen LogP contribution is -2.38. The second-order valence-corrected chi connectivity index (χ2v) is 8.01. The van der Waals surface area contributed by atoms with Gasteiger partial charge in [-0.25, -0.2) is 0 Å². The Balaban J connectivity index is 1.68. The van der Waals surface area contributed by atoms with Crippen molar-refractivity contribution in [2.75, 3.05) is 13.2 Å². The number of hydrogen-bond acceptors (Lipinski definition) is 4. The third kappa shape index (κ3) is 4.13. The van der Waals surface area contributed by atoms with E-state index in [0.717, 1.165) is 50.0 Å². The predicted molar refractivity (Wildman–Crippen MR) is 99.3 cm³/mol. The average molecular weight is 386 g/mol. The van der Waals surface area contributed by atoms with Gasteiger partial charge in [-0.15, -0.1) is 0 Å². The molecule has 0 amide bonds. The van der Waals surface area contributed by atoms with Crippen molar-refractivity contribution in [2.45, 2.75) is 63.7 Å². The molecule has 2 fully saturated rings. The van der Waals surface area contributed by atoms with Crippen LogP contribution in [-0.4, -0.2) is 31.3 Å². The van der Waals surface area contributed by atoms with Gasteiger partial charge in [-0.1, -0.05) is 29.3 Å². The summed E-state index contributed by atoms with van der Waals surface area (Å²) in [7, 11) is 0. The summed E-state index contributed by atoms with van der Waals surface area (Å²) in [5.74, 6) is -0.145. The smallest absolute Gasteiger partial charge is 0.306 e. The molecule has 2 aliphatic rings. The molecule has 25 heavy (non-hydrogen) atoms. The Morgan fingerprint density at radius 1 is 1.40 bits per heavy atom. The molecule has 3 rings (SSSR count). The van der Waals surface area contributed by atoms with Crippen molar-refractivity contribution in [2.24, 2.45) is 0 Å². The summed E-state index contributed by atoms with van der Waals surface area (Å²) >= 11 is 12.8. The zero-order valence-electron chi connectivity index (χ0n) is 14.7. The molecule has 0 aliphatic carbocycles. The van der Waals surface area contributed by atoms with Crippen LogP contribution in [0.2, 0.25) is 10.0 Å². The highest BCUT2D eigenvalue weighted by Gasteiger charge is 2.48. The van der Waals surface area contributed by atoms with E-state index in [2.05, 4.69) is 5.32 Å². The molecule has 1 aromatic carbocycles. The van der Waals surface area contributed by atoms with E-state index < -0.39 is 0 Å². The zero-order chi connectivity index (χ0) is 18.0. The van der Waals surface area contributed by atoms with Gasteiger partial charge in [0.2, 0.25) is 0 Å². The molecule has 1 aromatic rings. The number of nitrogens with one attached hydrogen (secondary N) is 1. The Bertz CT molecular complexity index is 640. The zero-order valence-corrected chi connectivity index (χ0v) is 16.3. The number of carbonyl (C=O) groups excluding carboxylic acids is 1. The molecular weight excluding hydrogens is 361 g/mol. The molecule has 0 saturated carbocycles. The van der Waals surface area contributed by atoms with Gasteiger partial charge in [-0.05, 0) is 56.7 Å². The topological polar surface area (TPSA) is 47.6 Å². The van der Waals surface area contributed by atoms with E-state index in [1.54, 1.807) is 0 Å². The monoisotopic (exact) mass is 385 g/mol. The van der Waals surface area contributed by atoms with Crippen LogP contribution in [0.15, 0.2) is 12.1 Å². The van der Waals surface area contributed by atoms with Crippen LogP contribution in [0.3, 0.4) is 0 Å². The number of halogens is 2. The van der Waals surface area contributed by atoms with Crippen molar-refractivity contribution in [3.63, 3.8) is 0 Å². The normalized spacial score (nSPS) is 24.9. The van der Waals surface area contributed by atoms with Crippen LogP contribution in [0, 0.1) is 0 Å². The lowest BCUT2D eigenvalue weighted by molar-refractivity contribution is -0.147. The highest BCUT2D eigenvalue weighted by atomic mass is 35.5. The molecule has 2 heterocycles. The molecule has 2 aliphatic heterocycles. The molecule has 0 spiro atoms. The summed E-state index contributed by atoms with van der Waals surface area (Å²) in [5, 5.41) is 4.67. The Labute approximate surface area is 159 Å². The maximum atomic E-state index is 11.7. The number of ether oxygens (including phenoxy) is 2. The van der Waals surface area contributed by atoms with E-state index in [0.29, 0.717) is 22.5 Å². The summed E-state index contributed by atoms with van der Waals surface area (Å²) in [6, 6.07) is 4.33. The van der Waals surface area contributed by atoms with E-state index in [1.807, 2.05) is 26.0 Å². The molecule has 2 saturated heterocycles. The molecule has 0 aromatic heterocycles. The Kier molecular flexibility index (Phi) is 5.94. The maximum Gasteiger partial charge on any atom is 0.306 e. The van der Waals surface area contributed by atoms with Gasteiger partial charge in [0.05, 0.1) is 22.8 Å². The number of esters is 1. The van der Waals surface area contributed by atoms with Gasteiger partial charge in [0.1, 0.15) is 5.60 Å². The van der Waals surface area contributed by atoms with Gasteiger partial charge in [0.25, 0.3) is 0 Å². The quantitative estimate of drug-likeness (QED) is 0.562. The maximum absolute atomic E-state index is 11.7. The van der Waals surface area contributed by atoms with Crippen LogP contribution in [0.4, 0.5) is 0 Å². The number of hydrogen-bond donors (Lipinski definition) is 1. The summed E-state index contributed by atoms with van der Waals surface area (Å²) in [5.41, 5.74) is 1.90. The third-order valence-corrected chi connectivity index (χ3v) is 5.77. The fraction of sp³-hybridized carbons (Fsp3) is 0.632. The van der Waals surface area contributed by atoms with Crippen LogP contribution in [0.25, 0.3) is 0 Å². The second-order valence-electron chi connectivity index (χ2n) is 7.22. The molecule has 1 N–H and O–H groups in total. The SMILES string of the molecule is CC(C)OC(=O)CCCCc1c(C23CNC(CO2)C3)ccc(Cl)c1Cl. The van der Waals surface area contributed by atoms with Gasteiger partial charge in [-0.2, -0.15) is 0 Å². The summed E-state index contributed by atoms with van der Waals surface area (Å²) < 4.78 is 11.3. The van der Waals surface area contributed by atoms with Gasteiger partial charge >= 0.3 is 5.97 Å². The number of morpholine rings is 1. The summed E-state index contributed by atoms with van der Waals surface area (Å²) in [6.07, 6.45) is 3.73. The standard InChI is InChI=1S/C19H25Cl2NO3/c1-12(2)25-17(23)6-4-3-5-14-15(7-8-16(20)18(14)21)19-9-13(10-24-19)22-11-19/h7-8,12-13,22H,3-6,9-11H2,1-2H3. The van der Waals surface area contributed by atoms with Gasteiger partial charge in [0.15, 0.2) is 0 Å². The molecule has 2 unspecified atom stereocenters. The number of carbonyl (C=O) groups is 1. The summed E-state index contributed by atoms with van der Waals surface area (Å²) in [4.78, 5) is 11.7. The fourth-order valence-electron chi connectivity index (χ4n) is 3.78. The van der Waals surface area contributed by atoms with Crippen molar-refractivity contribution < 1.29 is 14.3 Å². The highest BCUT2D eigenvalue weighted by molar-refractivity contribution is 6.42. The van der Waals surface area contributed by atoms with Crippen molar-refractivity contribution in [3.8, 4) is 0 Å². The van der Waals surface area contributed by atoms with E-state index >= 15 is 0 Å². The first kappa shape index (κ1) is 19.0. The predicted octanol–water partition coefficient (Wildman–Crippen LogP) is 4.25.